The number of likely N-dealkylation sites (tertiary alicyclic amines) is 1. The molecule has 4 rings (SSSR count). The molecule has 0 aliphatic carbocycles. The number of amides is 2. The fourth-order valence-electron chi connectivity index (χ4n) is 3.53. The number of nitrogens with one attached hydrogen (secondary N) is 1. The molecule has 0 spiro atoms. The first-order chi connectivity index (χ1) is 13.7. The van der Waals surface area contributed by atoms with Crippen molar-refractivity contribution in [3.63, 3.8) is 0 Å². The van der Waals surface area contributed by atoms with Crippen molar-refractivity contribution in [2.75, 3.05) is 26.3 Å². The van der Waals surface area contributed by atoms with Crippen LogP contribution < -0.4 is 10.1 Å². The summed E-state index contributed by atoms with van der Waals surface area (Å²) in [6.45, 7) is 2.79. The standard InChI is InChI=1S/C19H26N6O3/c1-24-13-15(12-22-24)14-10-20-18(21-11-14)28-17-2-6-25(7-3-17)19(26)23-16-4-8-27-9-5-16/h10-13,16-17H,2-9H2,1H3,(H,23,26). The number of hydrogen-bond donors (Lipinski definition) is 1. The van der Waals surface area contributed by atoms with Gasteiger partial charge in [-0.25, -0.2) is 14.8 Å². The monoisotopic (exact) mass is 386 g/mol. The number of ether oxygens (including phenoxy) is 2. The summed E-state index contributed by atoms with van der Waals surface area (Å²) in [5.74, 6) is 0. The summed E-state index contributed by atoms with van der Waals surface area (Å²) in [5, 5.41) is 7.26. The quantitative estimate of drug-likeness (QED) is 0.858. The highest BCUT2D eigenvalue weighted by Gasteiger charge is 2.26. The van der Waals surface area contributed by atoms with Crippen molar-refractivity contribution < 1.29 is 14.3 Å². The molecule has 0 saturated carbocycles. The summed E-state index contributed by atoms with van der Waals surface area (Å²) < 4.78 is 13.0. The topological polar surface area (TPSA) is 94.4 Å². The average molecular weight is 386 g/mol. The smallest absolute Gasteiger partial charge is 0.317 e. The van der Waals surface area contributed by atoms with Crippen LogP contribution in [0, 0.1) is 0 Å². The molecule has 28 heavy (non-hydrogen) atoms. The third-order valence-corrected chi connectivity index (χ3v) is 5.22. The van der Waals surface area contributed by atoms with Crippen LogP contribution in [0.4, 0.5) is 4.79 Å². The number of aromatic nitrogens is 4. The molecule has 0 atom stereocenters. The van der Waals surface area contributed by atoms with Crippen molar-refractivity contribution in [1.29, 1.82) is 0 Å². The zero-order valence-corrected chi connectivity index (χ0v) is 16.1. The van der Waals surface area contributed by atoms with E-state index in [4.69, 9.17) is 9.47 Å². The van der Waals surface area contributed by atoms with Gasteiger partial charge >= 0.3 is 12.0 Å². The lowest BCUT2D eigenvalue weighted by molar-refractivity contribution is 0.0739. The molecular formula is C19H26N6O3. The fraction of sp³-hybridized carbons (Fsp3) is 0.579. The normalized spacial score (nSPS) is 18.8. The Morgan fingerprint density at radius 3 is 2.46 bits per heavy atom. The van der Waals surface area contributed by atoms with Gasteiger partial charge in [-0.1, -0.05) is 0 Å². The van der Waals surface area contributed by atoms with Gasteiger partial charge in [0.2, 0.25) is 0 Å². The van der Waals surface area contributed by atoms with Gasteiger partial charge < -0.3 is 19.7 Å². The molecule has 2 aliphatic rings. The van der Waals surface area contributed by atoms with Gasteiger partial charge in [-0.15, -0.1) is 0 Å². The summed E-state index contributed by atoms with van der Waals surface area (Å²) >= 11 is 0. The van der Waals surface area contributed by atoms with Crippen molar-refractivity contribution >= 4 is 6.03 Å². The van der Waals surface area contributed by atoms with Gasteiger partial charge in [0.1, 0.15) is 6.10 Å². The second-order valence-electron chi connectivity index (χ2n) is 7.30. The summed E-state index contributed by atoms with van der Waals surface area (Å²) in [6, 6.07) is 0.613. The Morgan fingerprint density at radius 1 is 1.11 bits per heavy atom. The third-order valence-electron chi connectivity index (χ3n) is 5.22. The van der Waals surface area contributed by atoms with E-state index < -0.39 is 0 Å². The zero-order chi connectivity index (χ0) is 19.3. The summed E-state index contributed by atoms with van der Waals surface area (Å²) in [4.78, 5) is 22.9. The molecule has 2 amide bonds. The van der Waals surface area contributed by atoms with E-state index in [-0.39, 0.29) is 18.2 Å². The van der Waals surface area contributed by atoms with Gasteiger partial charge in [0.15, 0.2) is 0 Å². The number of carbonyl (C=O) groups excluding carboxylic acids is 1. The highest BCUT2D eigenvalue weighted by atomic mass is 16.5. The van der Waals surface area contributed by atoms with Crippen molar-refractivity contribution in [2.45, 2.75) is 37.8 Å². The lowest BCUT2D eigenvalue weighted by Crippen LogP contribution is -2.50. The predicted octanol–water partition coefficient (Wildman–Crippen LogP) is 1.61. The largest absolute Gasteiger partial charge is 0.460 e. The Bertz CT molecular complexity index is 779. The van der Waals surface area contributed by atoms with Gasteiger partial charge in [-0.05, 0) is 12.8 Å². The Morgan fingerprint density at radius 2 is 1.82 bits per heavy atom. The summed E-state index contributed by atoms with van der Waals surface area (Å²) in [5.41, 5.74) is 1.87. The van der Waals surface area contributed by atoms with Crippen molar-refractivity contribution in [3.05, 3.63) is 24.8 Å². The number of carbonyl (C=O) groups is 1. The molecule has 0 unspecified atom stereocenters. The Labute approximate surface area is 164 Å². The Hall–Kier alpha value is -2.68. The molecule has 9 nitrogen and oxygen atoms in total. The number of rotatable bonds is 4. The van der Waals surface area contributed by atoms with Crippen LogP contribution in [0.5, 0.6) is 6.01 Å². The average Bonchev–Trinajstić information content (AvgIpc) is 3.16. The molecule has 150 valence electrons. The number of nitrogens with zero attached hydrogens (tertiary/aromatic N) is 5. The Kier molecular flexibility index (Phi) is 5.70. The summed E-state index contributed by atoms with van der Waals surface area (Å²) in [7, 11) is 1.87. The second-order valence-corrected chi connectivity index (χ2v) is 7.30. The van der Waals surface area contributed by atoms with Crippen LogP contribution in [0.2, 0.25) is 0 Å². The molecule has 0 radical (unpaired) electrons. The first-order valence-corrected chi connectivity index (χ1v) is 9.78. The van der Waals surface area contributed by atoms with E-state index in [0.717, 1.165) is 50.0 Å². The predicted molar refractivity (Wildman–Crippen MR) is 102 cm³/mol. The minimum Gasteiger partial charge on any atom is -0.460 e. The SMILES string of the molecule is Cn1cc(-c2cnc(OC3CCN(C(=O)NC4CCOCC4)CC3)nc2)cn1. The van der Waals surface area contributed by atoms with E-state index in [1.54, 1.807) is 23.3 Å². The van der Waals surface area contributed by atoms with Gasteiger partial charge in [-0.2, -0.15) is 5.10 Å². The number of piperidine rings is 1. The second kappa shape index (κ2) is 8.55. The molecular weight excluding hydrogens is 360 g/mol. The van der Waals surface area contributed by atoms with Crippen LogP contribution in [-0.4, -0.2) is 69.1 Å². The van der Waals surface area contributed by atoms with Crippen molar-refractivity contribution in [2.24, 2.45) is 7.05 Å². The molecule has 2 aliphatic heterocycles. The van der Waals surface area contributed by atoms with E-state index in [1.165, 1.54) is 0 Å². The van der Waals surface area contributed by atoms with Gasteiger partial charge in [0, 0.05) is 82.0 Å². The maximum Gasteiger partial charge on any atom is 0.317 e. The molecule has 0 bridgehead atoms. The molecule has 4 heterocycles. The minimum absolute atomic E-state index is 0.0161. The number of hydrogen-bond acceptors (Lipinski definition) is 6. The van der Waals surface area contributed by atoms with Crippen molar-refractivity contribution in [1.82, 2.24) is 30.0 Å². The lowest BCUT2D eigenvalue weighted by atomic mass is 10.1. The van der Waals surface area contributed by atoms with Crippen LogP contribution in [-0.2, 0) is 11.8 Å². The van der Waals surface area contributed by atoms with E-state index in [2.05, 4.69) is 20.4 Å². The van der Waals surface area contributed by atoms with Crippen molar-refractivity contribution in [3.8, 4) is 17.1 Å². The van der Waals surface area contributed by atoms with Crippen LogP contribution in [0.15, 0.2) is 24.8 Å². The van der Waals surface area contributed by atoms with Crippen LogP contribution in [0.3, 0.4) is 0 Å². The Balaban J connectivity index is 1.24. The first-order valence-electron chi connectivity index (χ1n) is 9.78. The zero-order valence-electron chi connectivity index (χ0n) is 16.1. The molecule has 9 heteroatoms. The van der Waals surface area contributed by atoms with Gasteiger partial charge in [0.05, 0.1) is 6.20 Å². The highest BCUT2D eigenvalue weighted by molar-refractivity contribution is 5.74. The van der Waals surface area contributed by atoms with Gasteiger partial charge in [0.25, 0.3) is 0 Å². The van der Waals surface area contributed by atoms with E-state index in [0.29, 0.717) is 19.1 Å². The molecule has 2 saturated heterocycles. The minimum atomic E-state index is 0.0161. The fourth-order valence-corrected chi connectivity index (χ4v) is 3.53. The molecule has 1 N–H and O–H groups in total. The van der Waals surface area contributed by atoms with E-state index >= 15 is 0 Å². The molecule has 2 fully saturated rings. The lowest BCUT2D eigenvalue weighted by Gasteiger charge is -2.33. The maximum absolute atomic E-state index is 12.4. The molecule has 2 aromatic rings. The van der Waals surface area contributed by atoms with Gasteiger partial charge in [-0.3, -0.25) is 4.68 Å². The maximum atomic E-state index is 12.4. The van der Waals surface area contributed by atoms with Crippen LogP contribution in [0.25, 0.3) is 11.1 Å². The first kappa shape index (κ1) is 18.7. The number of aryl methyl sites for hydroxylation is 1. The molecule has 2 aromatic heterocycles. The van der Waals surface area contributed by atoms with E-state index in [1.807, 2.05) is 18.1 Å². The van der Waals surface area contributed by atoms with E-state index in [9.17, 15) is 4.79 Å². The highest BCUT2D eigenvalue weighted by Crippen LogP contribution is 2.20. The summed E-state index contributed by atoms with van der Waals surface area (Å²) in [6.07, 6.45) is 10.5. The van der Waals surface area contributed by atoms with Crippen LogP contribution in [0.1, 0.15) is 25.7 Å². The third kappa shape index (κ3) is 4.59. The van der Waals surface area contributed by atoms with Crippen LogP contribution >= 0.6 is 0 Å². The number of urea groups is 1. The molecule has 0 aromatic carbocycles.